The summed E-state index contributed by atoms with van der Waals surface area (Å²) in [5, 5.41) is 0. The zero-order valence-electron chi connectivity index (χ0n) is 11.4. The van der Waals surface area contributed by atoms with Gasteiger partial charge in [0.1, 0.15) is 0 Å². The highest BCUT2D eigenvalue weighted by Crippen LogP contribution is 2.17. The number of esters is 1. The molecule has 0 unspecified atom stereocenters. The normalized spacial score (nSPS) is 13.3. The van der Waals surface area contributed by atoms with Gasteiger partial charge in [0, 0.05) is 0 Å². The maximum absolute atomic E-state index is 11.6. The average molecular weight is 240 g/mol. The van der Waals surface area contributed by atoms with E-state index in [1.165, 1.54) is 6.92 Å². The predicted octanol–water partition coefficient (Wildman–Crippen LogP) is 3.28. The fourth-order valence-electron chi connectivity index (χ4n) is 1.65. The lowest BCUT2D eigenvalue weighted by molar-refractivity contribution is -0.139. The number of hydrogen-bond acceptors (Lipinski definition) is 3. The first-order valence-corrected chi connectivity index (χ1v) is 6.46. The van der Waals surface area contributed by atoms with E-state index in [4.69, 9.17) is 4.74 Å². The average Bonchev–Trinajstić information content (AvgIpc) is 2.29. The number of Topliss-reactive ketones (excluding diaryl/α,β-unsaturated/α-hetero) is 1. The molecule has 0 rings (SSSR count). The van der Waals surface area contributed by atoms with E-state index < -0.39 is 5.97 Å². The van der Waals surface area contributed by atoms with Crippen LogP contribution in [0.15, 0.2) is 11.6 Å². The number of carbonyl (C=O) groups is 2. The molecule has 0 heterocycles. The van der Waals surface area contributed by atoms with Gasteiger partial charge in [0.2, 0.25) is 0 Å². The second-order valence-electron chi connectivity index (χ2n) is 4.17. The lowest BCUT2D eigenvalue weighted by atomic mass is 9.95. The van der Waals surface area contributed by atoms with Crippen molar-refractivity contribution in [3.63, 3.8) is 0 Å². The summed E-state index contributed by atoms with van der Waals surface area (Å²) in [6, 6.07) is 0. The molecule has 1 atom stereocenters. The number of allylic oxidation sites excluding steroid dienone is 1. The van der Waals surface area contributed by atoms with E-state index in [9.17, 15) is 9.59 Å². The van der Waals surface area contributed by atoms with Crippen molar-refractivity contribution >= 4 is 11.8 Å². The first-order valence-electron chi connectivity index (χ1n) is 6.46. The Labute approximate surface area is 104 Å². The number of rotatable bonds is 8. The van der Waals surface area contributed by atoms with Crippen LogP contribution in [0.2, 0.25) is 0 Å². The molecule has 0 fully saturated rings. The first kappa shape index (κ1) is 15.9. The molecule has 0 aliphatic heterocycles. The van der Waals surface area contributed by atoms with E-state index in [1.54, 1.807) is 13.0 Å². The minimum Gasteiger partial charge on any atom is -0.462 e. The molecule has 0 aromatic heterocycles. The lowest BCUT2D eigenvalue weighted by Gasteiger charge is -2.11. The fraction of sp³-hybridized carbons (Fsp3) is 0.714. The summed E-state index contributed by atoms with van der Waals surface area (Å²) in [6.07, 6.45) is 5.98. The number of ketones is 1. The molecule has 0 aromatic rings. The summed E-state index contributed by atoms with van der Waals surface area (Å²) in [7, 11) is 0. The second-order valence-corrected chi connectivity index (χ2v) is 4.17. The number of unbranched alkanes of at least 4 members (excludes halogenated alkanes) is 1. The van der Waals surface area contributed by atoms with Crippen LogP contribution in [0.5, 0.6) is 0 Å². The van der Waals surface area contributed by atoms with Crippen molar-refractivity contribution in [2.75, 3.05) is 6.61 Å². The number of carbonyl (C=O) groups excluding carboxylic acids is 2. The molecule has 0 aliphatic rings. The van der Waals surface area contributed by atoms with E-state index in [-0.39, 0.29) is 11.4 Å². The van der Waals surface area contributed by atoms with Gasteiger partial charge >= 0.3 is 5.97 Å². The summed E-state index contributed by atoms with van der Waals surface area (Å²) >= 11 is 0. The second kappa shape index (κ2) is 8.97. The van der Waals surface area contributed by atoms with Crippen LogP contribution in [0.4, 0.5) is 0 Å². The van der Waals surface area contributed by atoms with E-state index in [0.717, 1.165) is 25.7 Å². The molecule has 3 heteroatoms. The molecule has 0 amide bonds. The van der Waals surface area contributed by atoms with Gasteiger partial charge in [-0.1, -0.05) is 32.8 Å². The van der Waals surface area contributed by atoms with E-state index in [0.29, 0.717) is 12.5 Å². The summed E-state index contributed by atoms with van der Waals surface area (Å²) in [5.41, 5.74) is 0.204. The fourth-order valence-corrected chi connectivity index (χ4v) is 1.65. The van der Waals surface area contributed by atoms with Crippen LogP contribution < -0.4 is 0 Å². The van der Waals surface area contributed by atoms with Crippen molar-refractivity contribution in [2.45, 2.75) is 53.4 Å². The summed E-state index contributed by atoms with van der Waals surface area (Å²) in [6.45, 7) is 7.65. The molecule has 0 bridgehead atoms. The highest BCUT2D eigenvalue weighted by Gasteiger charge is 2.17. The van der Waals surface area contributed by atoms with Crippen molar-refractivity contribution in [1.29, 1.82) is 0 Å². The van der Waals surface area contributed by atoms with E-state index in [1.807, 2.05) is 0 Å². The summed E-state index contributed by atoms with van der Waals surface area (Å²) < 4.78 is 4.89. The third-order valence-corrected chi connectivity index (χ3v) is 2.73. The monoisotopic (exact) mass is 240 g/mol. The molecule has 0 N–H and O–H groups in total. The maximum atomic E-state index is 11.6. The summed E-state index contributed by atoms with van der Waals surface area (Å²) in [5.74, 6) is -0.411. The third-order valence-electron chi connectivity index (χ3n) is 2.73. The van der Waals surface area contributed by atoms with E-state index >= 15 is 0 Å². The van der Waals surface area contributed by atoms with Gasteiger partial charge in [0.05, 0.1) is 12.2 Å². The van der Waals surface area contributed by atoms with Crippen molar-refractivity contribution in [1.82, 2.24) is 0 Å². The topological polar surface area (TPSA) is 43.4 Å². The Hall–Kier alpha value is -1.12. The van der Waals surface area contributed by atoms with Gasteiger partial charge in [0.15, 0.2) is 5.78 Å². The Bertz CT molecular complexity index is 279. The summed E-state index contributed by atoms with van der Waals surface area (Å²) in [4.78, 5) is 23.0. The minimum absolute atomic E-state index is 0.204. The van der Waals surface area contributed by atoms with Gasteiger partial charge in [-0.3, -0.25) is 4.79 Å². The molecule has 0 aliphatic carbocycles. The Morgan fingerprint density at radius 1 is 1.24 bits per heavy atom. The molecule has 0 spiro atoms. The van der Waals surface area contributed by atoms with Crippen molar-refractivity contribution < 1.29 is 14.3 Å². The molecular formula is C14H24O3. The van der Waals surface area contributed by atoms with Gasteiger partial charge in [0.25, 0.3) is 0 Å². The molecule has 98 valence electrons. The predicted molar refractivity (Wildman–Crippen MR) is 68.7 cm³/mol. The van der Waals surface area contributed by atoms with E-state index in [2.05, 4.69) is 13.8 Å². The van der Waals surface area contributed by atoms with Crippen LogP contribution in [0, 0.1) is 5.92 Å². The number of ether oxygens (including phenoxy) is 1. The molecule has 3 nitrogen and oxygen atoms in total. The van der Waals surface area contributed by atoms with Gasteiger partial charge in [-0.15, -0.1) is 0 Å². The van der Waals surface area contributed by atoms with Gasteiger partial charge in [-0.05, 0) is 32.6 Å². The van der Waals surface area contributed by atoms with Crippen LogP contribution in [0.1, 0.15) is 53.4 Å². The first-order chi connectivity index (χ1) is 8.06. The molecule has 17 heavy (non-hydrogen) atoms. The Morgan fingerprint density at radius 3 is 2.29 bits per heavy atom. The van der Waals surface area contributed by atoms with Crippen molar-refractivity contribution in [3.05, 3.63) is 11.6 Å². The van der Waals surface area contributed by atoms with Crippen LogP contribution in [-0.2, 0) is 14.3 Å². The zero-order chi connectivity index (χ0) is 13.3. The Balaban J connectivity index is 4.75. The van der Waals surface area contributed by atoms with Crippen LogP contribution >= 0.6 is 0 Å². The number of hydrogen-bond donors (Lipinski definition) is 0. The molecular weight excluding hydrogens is 216 g/mol. The van der Waals surface area contributed by atoms with Gasteiger partial charge < -0.3 is 4.74 Å². The molecule has 0 saturated carbocycles. The molecule has 0 radical (unpaired) electrons. The lowest BCUT2D eigenvalue weighted by Crippen LogP contribution is -2.15. The van der Waals surface area contributed by atoms with Crippen molar-refractivity contribution in [2.24, 2.45) is 5.92 Å². The zero-order valence-corrected chi connectivity index (χ0v) is 11.4. The Morgan fingerprint density at radius 2 is 1.88 bits per heavy atom. The maximum Gasteiger partial charge on any atom is 0.341 e. The minimum atomic E-state index is -0.491. The van der Waals surface area contributed by atoms with Crippen molar-refractivity contribution in [3.8, 4) is 0 Å². The smallest absolute Gasteiger partial charge is 0.341 e. The molecule has 0 saturated heterocycles. The molecule has 0 aromatic carbocycles. The van der Waals surface area contributed by atoms with Crippen LogP contribution in [0.3, 0.4) is 0 Å². The Kier molecular flexibility index (Phi) is 8.38. The van der Waals surface area contributed by atoms with Crippen LogP contribution in [0.25, 0.3) is 0 Å². The largest absolute Gasteiger partial charge is 0.462 e. The van der Waals surface area contributed by atoms with Crippen LogP contribution in [-0.4, -0.2) is 18.4 Å². The van der Waals surface area contributed by atoms with Gasteiger partial charge in [-0.2, -0.15) is 0 Å². The SMILES string of the molecule is CCCC[C@H](/C=C(\C(C)=O)C(=O)OCC)CC. The van der Waals surface area contributed by atoms with Gasteiger partial charge in [-0.25, -0.2) is 4.79 Å². The quantitative estimate of drug-likeness (QED) is 0.283. The standard InChI is InChI=1S/C14H24O3/c1-5-8-9-12(6-2)10-13(11(4)15)14(16)17-7-3/h10,12H,5-9H2,1-4H3/b13-10+/t12-/m1/s1. The highest BCUT2D eigenvalue weighted by molar-refractivity contribution is 6.16. The third kappa shape index (κ3) is 6.25. The highest BCUT2D eigenvalue weighted by atomic mass is 16.5.